The lowest BCUT2D eigenvalue weighted by Crippen LogP contribution is -2.24. The molecule has 0 heterocycles. The van der Waals surface area contributed by atoms with Crippen LogP contribution in [0, 0.1) is 11.3 Å². The molecule has 0 unspecified atom stereocenters. The van der Waals surface area contributed by atoms with Crippen molar-refractivity contribution < 1.29 is 9.53 Å². The molecule has 6 heteroatoms. The third kappa shape index (κ3) is 5.69. The summed E-state index contributed by atoms with van der Waals surface area (Å²) in [6.45, 7) is -0.132. The van der Waals surface area contributed by atoms with E-state index >= 15 is 0 Å². The molecule has 0 aromatic heterocycles. The molecule has 3 rings (SSSR count). The number of benzene rings is 3. The van der Waals surface area contributed by atoms with Crippen molar-refractivity contribution in [3.63, 3.8) is 0 Å². The monoisotopic (exact) mass is 398 g/mol. The maximum Gasteiger partial charge on any atom is 0.277 e. The zero-order valence-corrected chi connectivity index (χ0v) is 16.9. The SMILES string of the molecule is CN(C)c1ccc(C=NNC(=O)COc2ccc(-c3ccc(C#N)cc3)cc2)cc1. The number of anilines is 1. The molecule has 6 nitrogen and oxygen atoms in total. The molecule has 30 heavy (non-hydrogen) atoms. The number of nitriles is 1. The van der Waals surface area contributed by atoms with Crippen molar-refractivity contribution in [1.82, 2.24) is 5.43 Å². The Morgan fingerprint density at radius 2 is 1.60 bits per heavy atom. The van der Waals surface area contributed by atoms with Crippen LogP contribution in [0.2, 0.25) is 0 Å². The predicted molar refractivity (Wildman–Crippen MR) is 119 cm³/mol. The van der Waals surface area contributed by atoms with Crippen molar-refractivity contribution in [2.24, 2.45) is 5.10 Å². The molecule has 0 bridgehead atoms. The Bertz CT molecular complexity index is 1050. The number of carbonyl (C=O) groups excluding carboxylic acids is 1. The van der Waals surface area contributed by atoms with E-state index in [0.717, 1.165) is 22.4 Å². The number of nitrogens with one attached hydrogen (secondary N) is 1. The van der Waals surface area contributed by atoms with E-state index in [1.807, 2.05) is 67.5 Å². The standard InChI is InChI=1S/C24H22N4O2/c1-28(2)22-11-5-19(6-12-22)16-26-27-24(29)17-30-23-13-9-21(10-14-23)20-7-3-18(15-25)4-8-20/h3-14,16H,17H2,1-2H3,(H,27,29). The highest BCUT2D eigenvalue weighted by molar-refractivity contribution is 5.83. The van der Waals surface area contributed by atoms with Crippen molar-refractivity contribution in [2.45, 2.75) is 0 Å². The topological polar surface area (TPSA) is 77.7 Å². The number of amides is 1. The van der Waals surface area contributed by atoms with Crippen LogP contribution in [-0.4, -0.2) is 32.8 Å². The fourth-order valence-electron chi connectivity index (χ4n) is 2.70. The summed E-state index contributed by atoms with van der Waals surface area (Å²) < 4.78 is 5.51. The van der Waals surface area contributed by atoms with Gasteiger partial charge in [-0.05, 0) is 53.1 Å². The number of hydrogen-bond donors (Lipinski definition) is 1. The number of hydrazone groups is 1. The average molecular weight is 398 g/mol. The van der Waals surface area contributed by atoms with Crippen LogP contribution >= 0.6 is 0 Å². The summed E-state index contributed by atoms with van der Waals surface area (Å²) in [7, 11) is 3.95. The van der Waals surface area contributed by atoms with Crippen LogP contribution < -0.4 is 15.1 Å². The average Bonchev–Trinajstić information content (AvgIpc) is 2.78. The molecule has 0 fully saturated rings. The van der Waals surface area contributed by atoms with Gasteiger partial charge in [0.25, 0.3) is 5.91 Å². The van der Waals surface area contributed by atoms with Gasteiger partial charge < -0.3 is 9.64 Å². The lowest BCUT2D eigenvalue weighted by Gasteiger charge is -2.11. The largest absolute Gasteiger partial charge is 0.484 e. The van der Waals surface area contributed by atoms with Crippen LogP contribution in [0.25, 0.3) is 11.1 Å². The van der Waals surface area contributed by atoms with Crippen LogP contribution in [0.5, 0.6) is 5.75 Å². The second-order valence-electron chi connectivity index (χ2n) is 6.78. The van der Waals surface area contributed by atoms with Crippen molar-refractivity contribution in [2.75, 3.05) is 25.6 Å². The van der Waals surface area contributed by atoms with E-state index in [1.165, 1.54) is 0 Å². The van der Waals surface area contributed by atoms with Crippen molar-refractivity contribution in [3.8, 4) is 22.9 Å². The third-order valence-corrected chi connectivity index (χ3v) is 4.38. The number of rotatable bonds is 7. The van der Waals surface area contributed by atoms with Gasteiger partial charge in [-0.3, -0.25) is 4.79 Å². The van der Waals surface area contributed by atoms with Gasteiger partial charge in [-0.15, -0.1) is 0 Å². The molecule has 0 spiro atoms. The maximum atomic E-state index is 11.9. The van der Waals surface area contributed by atoms with Gasteiger partial charge in [-0.1, -0.05) is 36.4 Å². The zero-order valence-electron chi connectivity index (χ0n) is 16.9. The highest BCUT2D eigenvalue weighted by Crippen LogP contribution is 2.22. The van der Waals surface area contributed by atoms with Gasteiger partial charge in [-0.25, -0.2) is 5.43 Å². The highest BCUT2D eigenvalue weighted by Gasteiger charge is 2.03. The summed E-state index contributed by atoms with van der Waals surface area (Å²) in [5.74, 6) is 0.248. The summed E-state index contributed by atoms with van der Waals surface area (Å²) in [6.07, 6.45) is 1.59. The zero-order chi connectivity index (χ0) is 21.3. The van der Waals surface area contributed by atoms with Crippen LogP contribution in [0.4, 0.5) is 5.69 Å². The molecule has 0 saturated carbocycles. The first-order valence-corrected chi connectivity index (χ1v) is 9.38. The highest BCUT2D eigenvalue weighted by atomic mass is 16.5. The summed E-state index contributed by atoms with van der Waals surface area (Å²) in [5, 5.41) is 12.8. The minimum Gasteiger partial charge on any atom is -0.484 e. The molecule has 0 radical (unpaired) electrons. The first-order chi connectivity index (χ1) is 14.5. The van der Waals surface area contributed by atoms with E-state index in [-0.39, 0.29) is 12.5 Å². The number of ether oxygens (including phenoxy) is 1. The van der Waals surface area contributed by atoms with E-state index in [1.54, 1.807) is 30.5 Å². The Balaban J connectivity index is 1.47. The molecule has 1 N–H and O–H groups in total. The van der Waals surface area contributed by atoms with Crippen molar-refractivity contribution in [1.29, 1.82) is 5.26 Å². The Labute approximate surface area is 176 Å². The Hall–Kier alpha value is -4.11. The molecule has 0 atom stereocenters. The van der Waals surface area contributed by atoms with E-state index in [2.05, 4.69) is 16.6 Å². The Morgan fingerprint density at radius 3 is 2.17 bits per heavy atom. The summed E-state index contributed by atoms with van der Waals surface area (Å²) in [5.41, 5.74) is 7.07. The van der Waals surface area contributed by atoms with Gasteiger partial charge in [0.2, 0.25) is 0 Å². The number of carbonyl (C=O) groups is 1. The lowest BCUT2D eigenvalue weighted by molar-refractivity contribution is -0.123. The van der Waals surface area contributed by atoms with Crippen LogP contribution in [0.1, 0.15) is 11.1 Å². The van der Waals surface area contributed by atoms with Crippen molar-refractivity contribution >= 4 is 17.8 Å². The quantitative estimate of drug-likeness (QED) is 0.485. The van der Waals surface area contributed by atoms with E-state index in [0.29, 0.717) is 11.3 Å². The van der Waals surface area contributed by atoms with Gasteiger partial charge in [0.15, 0.2) is 6.61 Å². The minimum atomic E-state index is -0.340. The molecule has 0 aliphatic rings. The maximum absolute atomic E-state index is 11.9. The molecule has 0 aliphatic heterocycles. The first-order valence-electron chi connectivity index (χ1n) is 9.38. The lowest BCUT2D eigenvalue weighted by atomic mass is 10.0. The number of nitrogens with zero attached hydrogens (tertiary/aromatic N) is 3. The molecule has 3 aromatic rings. The Morgan fingerprint density at radius 1 is 1.00 bits per heavy atom. The molecule has 1 amide bonds. The van der Waals surface area contributed by atoms with Crippen LogP contribution in [0.3, 0.4) is 0 Å². The van der Waals surface area contributed by atoms with Crippen LogP contribution in [-0.2, 0) is 4.79 Å². The van der Waals surface area contributed by atoms with Gasteiger partial charge in [0, 0.05) is 19.8 Å². The molecule has 0 saturated heterocycles. The number of hydrogen-bond acceptors (Lipinski definition) is 5. The van der Waals surface area contributed by atoms with E-state index in [4.69, 9.17) is 10.00 Å². The molecule has 150 valence electrons. The van der Waals surface area contributed by atoms with Crippen molar-refractivity contribution in [3.05, 3.63) is 83.9 Å². The summed E-state index contributed by atoms with van der Waals surface area (Å²) in [6, 6.07) is 24.7. The normalized spacial score (nSPS) is 10.4. The fraction of sp³-hybridized carbons (Fsp3) is 0.125. The molecule has 0 aliphatic carbocycles. The van der Waals surface area contributed by atoms with Crippen LogP contribution in [0.15, 0.2) is 77.9 Å². The van der Waals surface area contributed by atoms with E-state index in [9.17, 15) is 4.79 Å². The predicted octanol–water partition coefficient (Wildman–Crippen LogP) is 3.82. The molecular weight excluding hydrogens is 376 g/mol. The second kappa shape index (κ2) is 9.89. The summed E-state index contributed by atoms with van der Waals surface area (Å²) >= 11 is 0. The van der Waals surface area contributed by atoms with Gasteiger partial charge >= 0.3 is 0 Å². The molecule has 3 aromatic carbocycles. The fourth-order valence-corrected chi connectivity index (χ4v) is 2.70. The second-order valence-corrected chi connectivity index (χ2v) is 6.78. The summed E-state index contributed by atoms with van der Waals surface area (Å²) in [4.78, 5) is 13.9. The Kier molecular flexibility index (Phi) is 6.80. The third-order valence-electron chi connectivity index (χ3n) is 4.38. The smallest absolute Gasteiger partial charge is 0.277 e. The van der Waals surface area contributed by atoms with Gasteiger partial charge in [-0.2, -0.15) is 10.4 Å². The first kappa shape index (κ1) is 20.6. The minimum absolute atomic E-state index is 0.132. The van der Waals surface area contributed by atoms with Gasteiger partial charge in [0.05, 0.1) is 17.8 Å². The van der Waals surface area contributed by atoms with E-state index < -0.39 is 0 Å². The molecular formula is C24H22N4O2. The van der Waals surface area contributed by atoms with Gasteiger partial charge in [0.1, 0.15) is 5.75 Å².